The lowest BCUT2D eigenvalue weighted by atomic mass is 10.1. The number of hydrogen-bond donors (Lipinski definition) is 1. The fraction of sp³-hybridized carbons (Fsp3) is 0.200. The number of carbonyl (C=O) groups excluding carboxylic acids is 1. The maximum absolute atomic E-state index is 12.1. The second kappa shape index (κ2) is 8.21. The number of nitro benzene ring substituents is 2. The van der Waals surface area contributed by atoms with E-state index in [0.29, 0.717) is 18.0 Å². The SMILES string of the molecule is O=C(NCCCn1cc(Cl)ccc1=O)c1cc([N+](=O)[O-])cc([N+](=O)[O-])c1. The van der Waals surface area contributed by atoms with Crippen LogP contribution in [-0.2, 0) is 6.54 Å². The lowest BCUT2D eigenvalue weighted by Crippen LogP contribution is -2.27. The molecule has 1 heterocycles. The van der Waals surface area contributed by atoms with E-state index in [1.165, 1.54) is 22.9 Å². The van der Waals surface area contributed by atoms with Crippen LogP contribution in [0.3, 0.4) is 0 Å². The molecule has 0 atom stereocenters. The Labute approximate surface area is 151 Å². The molecule has 2 rings (SSSR count). The molecular weight excluding hydrogens is 368 g/mol. The van der Waals surface area contributed by atoms with Crippen LogP contribution in [0.15, 0.2) is 41.3 Å². The normalized spacial score (nSPS) is 10.3. The molecule has 0 aliphatic heterocycles. The maximum atomic E-state index is 12.1. The van der Waals surface area contributed by atoms with Crippen LogP contribution in [0.25, 0.3) is 0 Å². The smallest absolute Gasteiger partial charge is 0.277 e. The van der Waals surface area contributed by atoms with Gasteiger partial charge in [0, 0.05) is 37.5 Å². The minimum absolute atomic E-state index is 0.161. The van der Waals surface area contributed by atoms with E-state index in [9.17, 15) is 29.8 Å². The molecule has 1 N–H and O–H groups in total. The van der Waals surface area contributed by atoms with Gasteiger partial charge in [-0.05, 0) is 12.5 Å². The van der Waals surface area contributed by atoms with Gasteiger partial charge < -0.3 is 9.88 Å². The molecule has 0 bridgehead atoms. The van der Waals surface area contributed by atoms with Gasteiger partial charge in [-0.1, -0.05) is 11.6 Å². The molecule has 0 unspecified atom stereocenters. The molecule has 1 aromatic carbocycles. The first-order chi connectivity index (χ1) is 12.3. The number of nitro groups is 2. The Balaban J connectivity index is 2.01. The standard InChI is InChI=1S/C15H13ClN4O6/c16-11-2-3-14(21)18(9-11)5-1-4-17-15(22)10-6-12(19(23)24)8-13(7-10)20(25)26/h2-3,6-9H,1,4-5H2,(H,17,22). The molecule has 136 valence electrons. The number of nitrogens with zero attached hydrogens (tertiary/aromatic N) is 3. The summed E-state index contributed by atoms with van der Waals surface area (Å²) in [5.74, 6) is -0.685. The lowest BCUT2D eigenvalue weighted by Gasteiger charge is -2.07. The van der Waals surface area contributed by atoms with Gasteiger partial charge in [0.05, 0.1) is 26.5 Å². The summed E-state index contributed by atoms with van der Waals surface area (Å²) < 4.78 is 1.38. The van der Waals surface area contributed by atoms with Crippen molar-refractivity contribution in [3.63, 3.8) is 0 Å². The fourth-order valence-electron chi connectivity index (χ4n) is 2.17. The first kappa shape index (κ1) is 19.1. The minimum Gasteiger partial charge on any atom is -0.352 e. The summed E-state index contributed by atoms with van der Waals surface area (Å²) in [6, 6.07) is 5.50. The number of hydrogen-bond acceptors (Lipinski definition) is 6. The molecule has 2 aromatic rings. The van der Waals surface area contributed by atoms with Crippen molar-refractivity contribution in [2.24, 2.45) is 0 Å². The highest BCUT2D eigenvalue weighted by molar-refractivity contribution is 6.30. The van der Waals surface area contributed by atoms with Crippen LogP contribution >= 0.6 is 11.6 Å². The van der Waals surface area contributed by atoms with Crippen molar-refractivity contribution < 1.29 is 14.6 Å². The van der Waals surface area contributed by atoms with Crippen LogP contribution in [0.5, 0.6) is 0 Å². The Morgan fingerprint density at radius 2 is 1.73 bits per heavy atom. The second-order valence-corrected chi connectivity index (χ2v) is 5.68. The molecule has 0 fully saturated rings. The molecule has 0 saturated carbocycles. The van der Waals surface area contributed by atoms with Crippen molar-refractivity contribution in [2.45, 2.75) is 13.0 Å². The van der Waals surface area contributed by atoms with Gasteiger partial charge in [-0.3, -0.25) is 29.8 Å². The molecule has 10 nitrogen and oxygen atoms in total. The van der Waals surface area contributed by atoms with Gasteiger partial charge in [-0.25, -0.2) is 0 Å². The molecule has 0 saturated heterocycles. The molecule has 0 radical (unpaired) electrons. The van der Waals surface area contributed by atoms with Gasteiger partial charge in [0.2, 0.25) is 0 Å². The number of benzene rings is 1. The number of amides is 1. The number of nitrogens with one attached hydrogen (secondary N) is 1. The molecule has 0 aliphatic rings. The van der Waals surface area contributed by atoms with E-state index in [1.807, 2.05) is 0 Å². The third-order valence-electron chi connectivity index (χ3n) is 3.40. The average Bonchev–Trinajstić information content (AvgIpc) is 2.60. The summed E-state index contributed by atoms with van der Waals surface area (Å²) in [5.41, 5.74) is -1.52. The van der Waals surface area contributed by atoms with Crippen LogP contribution < -0.4 is 10.9 Å². The summed E-state index contributed by atoms with van der Waals surface area (Å²) in [5, 5.41) is 24.6. The van der Waals surface area contributed by atoms with Gasteiger partial charge in [0.25, 0.3) is 22.8 Å². The van der Waals surface area contributed by atoms with Gasteiger partial charge in [-0.2, -0.15) is 0 Å². The molecule has 1 amide bonds. The quantitative estimate of drug-likeness (QED) is 0.443. The van der Waals surface area contributed by atoms with E-state index in [0.717, 1.165) is 18.2 Å². The van der Waals surface area contributed by atoms with E-state index >= 15 is 0 Å². The van der Waals surface area contributed by atoms with Crippen molar-refractivity contribution in [2.75, 3.05) is 6.54 Å². The number of aryl methyl sites for hydroxylation is 1. The highest BCUT2D eigenvalue weighted by Crippen LogP contribution is 2.22. The van der Waals surface area contributed by atoms with Crippen molar-refractivity contribution in [1.82, 2.24) is 9.88 Å². The number of pyridine rings is 1. The Hall–Kier alpha value is -3.27. The summed E-state index contributed by atoms with van der Waals surface area (Å²) >= 11 is 5.80. The maximum Gasteiger partial charge on any atom is 0.277 e. The Bertz CT molecular complexity index is 894. The van der Waals surface area contributed by atoms with E-state index in [2.05, 4.69) is 5.32 Å². The monoisotopic (exact) mass is 380 g/mol. The first-order valence-corrected chi connectivity index (χ1v) is 7.74. The van der Waals surface area contributed by atoms with Crippen molar-refractivity contribution in [3.8, 4) is 0 Å². The van der Waals surface area contributed by atoms with Gasteiger partial charge in [-0.15, -0.1) is 0 Å². The first-order valence-electron chi connectivity index (χ1n) is 7.36. The largest absolute Gasteiger partial charge is 0.352 e. The molecule has 11 heteroatoms. The highest BCUT2D eigenvalue weighted by atomic mass is 35.5. The zero-order chi connectivity index (χ0) is 19.3. The molecule has 26 heavy (non-hydrogen) atoms. The van der Waals surface area contributed by atoms with Gasteiger partial charge >= 0.3 is 0 Å². The predicted molar refractivity (Wildman–Crippen MR) is 92.4 cm³/mol. The summed E-state index contributed by atoms with van der Waals surface area (Å²) in [6.45, 7) is 0.461. The molecule has 0 spiro atoms. The van der Waals surface area contributed by atoms with Crippen molar-refractivity contribution in [1.29, 1.82) is 0 Å². The van der Waals surface area contributed by atoms with E-state index in [4.69, 9.17) is 11.6 Å². The molecule has 0 aliphatic carbocycles. The number of halogens is 1. The van der Waals surface area contributed by atoms with Crippen molar-refractivity contribution >= 4 is 28.9 Å². The zero-order valence-electron chi connectivity index (χ0n) is 13.3. The van der Waals surface area contributed by atoms with Gasteiger partial charge in [0.15, 0.2) is 0 Å². The van der Waals surface area contributed by atoms with Crippen molar-refractivity contribution in [3.05, 3.63) is 77.7 Å². The third kappa shape index (κ3) is 4.86. The molecule has 1 aromatic heterocycles. The predicted octanol–water partition coefficient (Wildman–Crippen LogP) is 2.14. The van der Waals surface area contributed by atoms with Gasteiger partial charge in [0.1, 0.15) is 0 Å². The van der Waals surface area contributed by atoms with Crippen LogP contribution in [0.4, 0.5) is 11.4 Å². The summed E-state index contributed by atoms with van der Waals surface area (Å²) in [4.78, 5) is 43.7. The zero-order valence-corrected chi connectivity index (χ0v) is 14.0. The topological polar surface area (TPSA) is 137 Å². The third-order valence-corrected chi connectivity index (χ3v) is 3.62. The lowest BCUT2D eigenvalue weighted by molar-refractivity contribution is -0.394. The second-order valence-electron chi connectivity index (χ2n) is 5.24. The minimum atomic E-state index is -0.810. The Morgan fingerprint density at radius 1 is 1.12 bits per heavy atom. The Kier molecular flexibility index (Phi) is 6.02. The van der Waals surface area contributed by atoms with E-state index in [1.54, 1.807) is 0 Å². The number of non-ortho nitro benzene ring substituents is 2. The fourth-order valence-corrected chi connectivity index (χ4v) is 2.35. The van der Waals surface area contributed by atoms with Crippen LogP contribution in [0.2, 0.25) is 5.02 Å². The van der Waals surface area contributed by atoms with Crippen LogP contribution in [0.1, 0.15) is 16.8 Å². The average molecular weight is 381 g/mol. The van der Waals surface area contributed by atoms with E-state index < -0.39 is 27.1 Å². The highest BCUT2D eigenvalue weighted by Gasteiger charge is 2.19. The number of rotatable bonds is 7. The van der Waals surface area contributed by atoms with Crippen LogP contribution in [0, 0.1) is 20.2 Å². The number of aromatic nitrogens is 1. The van der Waals surface area contributed by atoms with E-state index in [-0.39, 0.29) is 17.7 Å². The van der Waals surface area contributed by atoms with Crippen LogP contribution in [-0.4, -0.2) is 26.9 Å². The summed E-state index contributed by atoms with van der Waals surface area (Å²) in [6.07, 6.45) is 1.86. The molecular formula is C15H13ClN4O6. The Morgan fingerprint density at radius 3 is 2.31 bits per heavy atom. The number of carbonyl (C=O) groups is 1. The summed E-state index contributed by atoms with van der Waals surface area (Å²) in [7, 11) is 0.